The van der Waals surface area contributed by atoms with Crippen molar-refractivity contribution in [1.82, 2.24) is 0 Å². The van der Waals surface area contributed by atoms with E-state index in [1.165, 1.54) is 10.5 Å². The van der Waals surface area contributed by atoms with E-state index < -0.39 is 0 Å². The van der Waals surface area contributed by atoms with E-state index in [4.69, 9.17) is 0 Å². The van der Waals surface area contributed by atoms with E-state index in [0.29, 0.717) is 6.42 Å². The first-order chi connectivity index (χ1) is 13.2. The van der Waals surface area contributed by atoms with Crippen LogP contribution in [0.2, 0.25) is 0 Å². The number of rotatable bonds is 8. The molecule has 27 heavy (non-hydrogen) atoms. The van der Waals surface area contributed by atoms with Gasteiger partial charge in [-0.05, 0) is 48.1 Å². The largest absolute Gasteiger partial charge is 0.378 e. The molecule has 3 aromatic rings. The van der Waals surface area contributed by atoms with E-state index in [0.717, 1.165) is 23.2 Å². The normalized spacial score (nSPS) is 11.8. The monoisotopic (exact) mass is 375 g/mol. The molecular weight excluding hydrogens is 350 g/mol. The zero-order chi connectivity index (χ0) is 19.1. The van der Waals surface area contributed by atoms with Crippen molar-refractivity contribution in [2.24, 2.45) is 0 Å². The maximum atomic E-state index is 12.9. The molecule has 0 spiro atoms. The number of benzene rings is 3. The molecule has 3 heteroatoms. The Morgan fingerprint density at radius 2 is 1.59 bits per heavy atom. The molecule has 0 amide bonds. The molecule has 0 aromatic heterocycles. The maximum absolute atomic E-state index is 12.9. The summed E-state index contributed by atoms with van der Waals surface area (Å²) >= 11 is 1.72. The number of carbonyl (C=O) groups excluding carboxylic acids is 1. The number of thioether (sulfide) groups is 1. The Labute approximate surface area is 166 Å². The van der Waals surface area contributed by atoms with Crippen molar-refractivity contribution in [1.29, 1.82) is 0 Å². The van der Waals surface area contributed by atoms with Crippen LogP contribution in [0.15, 0.2) is 83.8 Å². The number of aryl methyl sites for hydroxylation is 1. The summed E-state index contributed by atoms with van der Waals surface area (Å²) < 4.78 is 0. The molecule has 0 heterocycles. The fourth-order valence-electron chi connectivity index (χ4n) is 3.05. The van der Waals surface area contributed by atoms with Crippen molar-refractivity contribution < 1.29 is 4.79 Å². The van der Waals surface area contributed by atoms with Crippen molar-refractivity contribution in [2.75, 3.05) is 11.6 Å². The summed E-state index contributed by atoms with van der Waals surface area (Å²) in [7, 11) is 0. The predicted octanol–water partition coefficient (Wildman–Crippen LogP) is 6.40. The van der Waals surface area contributed by atoms with E-state index in [-0.39, 0.29) is 11.8 Å². The Morgan fingerprint density at radius 3 is 2.19 bits per heavy atom. The molecule has 0 aliphatic heterocycles. The molecule has 0 saturated carbocycles. The third-order valence-electron chi connectivity index (χ3n) is 4.71. The van der Waals surface area contributed by atoms with Crippen molar-refractivity contribution in [3.8, 4) is 0 Å². The average Bonchev–Trinajstić information content (AvgIpc) is 2.74. The van der Waals surface area contributed by atoms with E-state index in [1.54, 1.807) is 11.8 Å². The average molecular weight is 376 g/mol. The van der Waals surface area contributed by atoms with Crippen molar-refractivity contribution in [3.63, 3.8) is 0 Å². The van der Waals surface area contributed by atoms with E-state index >= 15 is 0 Å². The Kier molecular flexibility index (Phi) is 6.72. The van der Waals surface area contributed by atoms with Crippen molar-refractivity contribution in [3.05, 3.63) is 95.6 Å². The second-order valence-electron chi connectivity index (χ2n) is 6.51. The maximum Gasteiger partial charge on any atom is 0.165 e. The van der Waals surface area contributed by atoms with Crippen LogP contribution in [0.25, 0.3) is 0 Å². The van der Waals surface area contributed by atoms with Crippen LogP contribution in [0.3, 0.4) is 0 Å². The molecule has 0 aliphatic carbocycles. The Hall–Kier alpha value is -2.52. The minimum Gasteiger partial charge on any atom is -0.378 e. The van der Waals surface area contributed by atoms with Gasteiger partial charge in [0, 0.05) is 22.6 Å². The van der Waals surface area contributed by atoms with Gasteiger partial charge in [-0.2, -0.15) is 0 Å². The molecule has 0 fully saturated rings. The number of hydrogen-bond donors (Lipinski definition) is 1. The van der Waals surface area contributed by atoms with Crippen LogP contribution in [0.5, 0.6) is 0 Å². The second kappa shape index (κ2) is 9.43. The number of ketones is 1. The zero-order valence-electron chi connectivity index (χ0n) is 15.8. The lowest BCUT2D eigenvalue weighted by Gasteiger charge is -2.20. The van der Waals surface area contributed by atoms with Gasteiger partial charge in [-0.15, -0.1) is 11.8 Å². The molecule has 3 rings (SSSR count). The Bertz CT molecular complexity index is 857. The highest BCUT2D eigenvalue weighted by atomic mass is 32.2. The summed E-state index contributed by atoms with van der Waals surface area (Å²) in [5.41, 5.74) is 4.16. The molecule has 138 valence electrons. The van der Waals surface area contributed by atoms with Gasteiger partial charge in [-0.1, -0.05) is 61.5 Å². The lowest BCUT2D eigenvalue weighted by molar-refractivity contribution is 0.0976. The second-order valence-corrected chi connectivity index (χ2v) is 7.39. The van der Waals surface area contributed by atoms with Crippen LogP contribution in [-0.2, 0) is 6.42 Å². The van der Waals surface area contributed by atoms with Gasteiger partial charge in [-0.25, -0.2) is 0 Å². The summed E-state index contributed by atoms with van der Waals surface area (Å²) in [6.45, 7) is 2.12. The molecule has 2 nitrogen and oxygen atoms in total. The first-order valence-electron chi connectivity index (χ1n) is 9.27. The number of Topliss-reactive ketones (excluding diaryl/α,β-unsaturated/α-hetero) is 1. The molecule has 3 aromatic carbocycles. The first kappa shape index (κ1) is 19.2. The van der Waals surface area contributed by atoms with E-state index in [9.17, 15) is 4.79 Å². The van der Waals surface area contributed by atoms with Crippen molar-refractivity contribution >= 4 is 23.2 Å². The molecule has 0 saturated heterocycles. The van der Waals surface area contributed by atoms with Crippen LogP contribution in [-0.4, -0.2) is 12.0 Å². The van der Waals surface area contributed by atoms with Crippen molar-refractivity contribution in [2.45, 2.75) is 30.7 Å². The quantitative estimate of drug-likeness (QED) is 0.365. The van der Waals surface area contributed by atoms with Gasteiger partial charge < -0.3 is 5.32 Å². The van der Waals surface area contributed by atoms with E-state index in [2.05, 4.69) is 42.8 Å². The SMILES string of the molecule is CCc1ccc(C(=O)C[C@H](Nc2ccccc2)c2ccc(SC)cc2)cc1. The molecular formula is C24H25NOS. The van der Waals surface area contributed by atoms with Crippen LogP contribution >= 0.6 is 11.8 Å². The first-order valence-corrected chi connectivity index (χ1v) is 10.5. The number of para-hydroxylation sites is 1. The lowest BCUT2D eigenvalue weighted by Crippen LogP contribution is -2.16. The smallest absolute Gasteiger partial charge is 0.165 e. The molecule has 1 N–H and O–H groups in total. The summed E-state index contributed by atoms with van der Waals surface area (Å²) in [5, 5.41) is 3.53. The highest BCUT2D eigenvalue weighted by Gasteiger charge is 2.17. The van der Waals surface area contributed by atoms with Gasteiger partial charge in [-0.3, -0.25) is 4.79 Å². The molecule has 0 unspecified atom stereocenters. The van der Waals surface area contributed by atoms with Gasteiger partial charge in [0.1, 0.15) is 0 Å². The minimum atomic E-state index is -0.0679. The number of hydrogen-bond acceptors (Lipinski definition) is 3. The van der Waals surface area contributed by atoms with Crippen LogP contribution in [0.4, 0.5) is 5.69 Å². The lowest BCUT2D eigenvalue weighted by atomic mass is 9.97. The Morgan fingerprint density at radius 1 is 0.926 bits per heavy atom. The fraction of sp³-hybridized carbons (Fsp3) is 0.208. The standard InChI is InChI=1S/C24H25NOS/c1-3-18-9-11-20(12-10-18)24(26)17-23(25-21-7-5-4-6-8-21)19-13-15-22(27-2)16-14-19/h4-16,23,25H,3,17H2,1-2H3/t23-/m0/s1. The fourth-order valence-corrected chi connectivity index (χ4v) is 3.46. The topological polar surface area (TPSA) is 29.1 Å². The minimum absolute atomic E-state index is 0.0679. The summed E-state index contributed by atoms with van der Waals surface area (Å²) in [5.74, 6) is 0.153. The van der Waals surface area contributed by atoms with Gasteiger partial charge in [0.2, 0.25) is 0 Å². The summed E-state index contributed by atoms with van der Waals surface area (Å²) in [6.07, 6.45) is 3.46. The molecule has 1 atom stereocenters. The van der Waals surface area contributed by atoms with Crippen LogP contribution in [0.1, 0.15) is 40.9 Å². The highest BCUT2D eigenvalue weighted by Crippen LogP contribution is 2.26. The number of anilines is 1. The number of nitrogens with one attached hydrogen (secondary N) is 1. The zero-order valence-corrected chi connectivity index (χ0v) is 16.6. The van der Waals surface area contributed by atoms with Crippen LogP contribution in [0, 0.1) is 0 Å². The summed E-state index contributed by atoms with van der Waals surface area (Å²) in [4.78, 5) is 14.1. The summed E-state index contributed by atoms with van der Waals surface area (Å²) in [6, 6.07) is 26.4. The number of carbonyl (C=O) groups is 1. The van der Waals surface area contributed by atoms with Gasteiger partial charge in [0.15, 0.2) is 5.78 Å². The van der Waals surface area contributed by atoms with Crippen LogP contribution < -0.4 is 5.32 Å². The molecule has 0 bridgehead atoms. The van der Waals surface area contributed by atoms with Gasteiger partial charge >= 0.3 is 0 Å². The third kappa shape index (κ3) is 5.24. The Balaban J connectivity index is 1.82. The van der Waals surface area contributed by atoms with Gasteiger partial charge in [0.05, 0.1) is 6.04 Å². The molecule has 0 radical (unpaired) electrons. The molecule has 0 aliphatic rings. The van der Waals surface area contributed by atoms with Gasteiger partial charge in [0.25, 0.3) is 0 Å². The predicted molar refractivity (Wildman–Crippen MR) is 116 cm³/mol. The third-order valence-corrected chi connectivity index (χ3v) is 5.45. The highest BCUT2D eigenvalue weighted by molar-refractivity contribution is 7.98. The van der Waals surface area contributed by atoms with E-state index in [1.807, 2.05) is 54.6 Å².